The zero-order valence-electron chi connectivity index (χ0n) is 8.77. The van der Waals surface area contributed by atoms with Crippen LogP contribution in [0.25, 0.3) is 0 Å². The van der Waals surface area contributed by atoms with Gasteiger partial charge in [-0.25, -0.2) is 0 Å². The molecule has 3 nitrogen and oxygen atoms in total. The largest absolute Gasteiger partial charge is 0.350 e. The molecule has 0 radical (unpaired) electrons. The first-order chi connectivity index (χ1) is 7.52. The summed E-state index contributed by atoms with van der Waals surface area (Å²) in [5.74, 6) is -1.63. The second-order valence-corrected chi connectivity index (χ2v) is 4.33. The Balaban J connectivity index is 2.59. The van der Waals surface area contributed by atoms with E-state index < -0.39 is 17.7 Å². The van der Waals surface area contributed by atoms with Gasteiger partial charge in [0.1, 0.15) is 0 Å². The van der Waals surface area contributed by atoms with E-state index in [1.165, 1.54) is 0 Å². The van der Waals surface area contributed by atoms with E-state index in [1.54, 1.807) is 0 Å². The van der Waals surface area contributed by atoms with E-state index in [9.17, 15) is 18.4 Å². The molecule has 0 heterocycles. The third-order valence-corrected chi connectivity index (χ3v) is 3.32. The molecule has 1 rings (SSSR count). The fraction of sp³-hybridized carbons (Fsp3) is 0.800. The third kappa shape index (κ3) is 2.90. The van der Waals surface area contributed by atoms with Crippen LogP contribution in [0.2, 0.25) is 0 Å². The average Bonchev–Trinajstić information content (AvgIpc) is 2.74. The maximum Gasteiger partial charge on any atom is 0.315 e. The number of hydrogen-bond acceptors (Lipinski definition) is 2. The minimum atomic E-state index is -3.04. The molecule has 0 unspecified atom stereocenters. The SMILES string of the molecule is O=C(NCC1(C(=O)CCl)CCCC1)C(F)F. The van der Waals surface area contributed by atoms with Crippen molar-refractivity contribution in [2.24, 2.45) is 5.41 Å². The van der Waals surface area contributed by atoms with Gasteiger partial charge in [0.2, 0.25) is 0 Å². The van der Waals surface area contributed by atoms with Crippen molar-refractivity contribution in [2.45, 2.75) is 32.1 Å². The number of carbonyl (C=O) groups is 2. The predicted octanol–water partition coefficient (Wildman–Crippen LogP) is 1.74. The van der Waals surface area contributed by atoms with Crippen LogP contribution in [0.1, 0.15) is 25.7 Å². The Kier molecular flexibility index (Phi) is 4.65. The van der Waals surface area contributed by atoms with Gasteiger partial charge in [0, 0.05) is 12.0 Å². The lowest BCUT2D eigenvalue weighted by molar-refractivity contribution is -0.133. The maximum atomic E-state index is 12.0. The first kappa shape index (κ1) is 13.4. The van der Waals surface area contributed by atoms with Crippen molar-refractivity contribution in [3.63, 3.8) is 0 Å². The second kappa shape index (κ2) is 5.57. The number of alkyl halides is 3. The van der Waals surface area contributed by atoms with Crippen LogP contribution >= 0.6 is 11.6 Å². The molecule has 0 spiro atoms. The molecule has 0 aromatic heterocycles. The summed E-state index contributed by atoms with van der Waals surface area (Å²) in [4.78, 5) is 22.4. The highest BCUT2D eigenvalue weighted by Crippen LogP contribution is 2.38. The van der Waals surface area contributed by atoms with Gasteiger partial charge >= 0.3 is 6.43 Å². The Bertz CT molecular complexity index is 278. The summed E-state index contributed by atoms with van der Waals surface area (Å²) in [7, 11) is 0. The average molecular weight is 254 g/mol. The van der Waals surface area contributed by atoms with Crippen LogP contribution in [0.4, 0.5) is 8.78 Å². The highest BCUT2D eigenvalue weighted by Gasteiger charge is 2.40. The van der Waals surface area contributed by atoms with Gasteiger partial charge in [-0.15, -0.1) is 11.6 Å². The van der Waals surface area contributed by atoms with Gasteiger partial charge in [-0.2, -0.15) is 8.78 Å². The standard InChI is InChI=1S/C10H14ClF2NO2/c11-5-7(15)10(3-1-2-4-10)6-14-9(16)8(12)13/h8H,1-6H2,(H,14,16). The van der Waals surface area contributed by atoms with Crippen molar-refractivity contribution in [1.29, 1.82) is 0 Å². The fourth-order valence-corrected chi connectivity index (χ4v) is 2.36. The number of carbonyl (C=O) groups excluding carboxylic acids is 2. The van der Waals surface area contributed by atoms with Gasteiger partial charge in [-0.05, 0) is 12.8 Å². The molecule has 0 atom stereocenters. The van der Waals surface area contributed by atoms with Crippen LogP contribution in [0.3, 0.4) is 0 Å². The van der Waals surface area contributed by atoms with Gasteiger partial charge in [0.15, 0.2) is 5.78 Å². The topological polar surface area (TPSA) is 46.2 Å². The Morgan fingerprint density at radius 1 is 1.31 bits per heavy atom. The number of nitrogens with one attached hydrogen (secondary N) is 1. The van der Waals surface area contributed by atoms with E-state index in [-0.39, 0.29) is 18.2 Å². The minimum Gasteiger partial charge on any atom is -0.350 e. The van der Waals surface area contributed by atoms with Crippen LogP contribution in [0, 0.1) is 5.41 Å². The quantitative estimate of drug-likeness (QED) is 0.759. The smallest absolute Gasteiger partial charge is 0.315 e. The molecule has 1 saturated carbocycles. The van der Waals surface area contributed by atoms with Gasteiger partial charge in [0.25, 0.3) is 5.91 Å². The fourth-order valence-electron chi connectivity index (χ4n) is 2.08. The minimum absolute atomic E-state index is 0.0261. The molecule has 1 aliphatic rings. The van der Waals surface area contributed by atoms with E-state index in [4.69, 9.17) is 11.6 Å². The third-order valence-electron chi connectivity index (χ3n) is 3.07. The number of ketones is 1. The van der Waals surface area contributed by atoms with E-state index in [1.807, 2.05) is 0 Å². The van der Waals surface area contributed by atoms with Gasteiger partial charge < -0.3 is 5.32 Å². The summed E-state index contributed by atoms with van der Waals surface area (Å²) in [5.41, 5.74) is -0.716. The van der Waals surface area contributed by atoms with Gasteiger partial charge in [-0.3, -0.25) is 9.59 Å². The number of amides is 1. The molecule has 1 amide bonds. The molecule has 1 fully saturated rings. The zero-order chi connectivity index (χ0) is 12.2. The van der Waals surface area contributed by atoms with E-state index in [2.05, 4.69) is 5.32 Å². The Morgan fingerprint density at radius 3 is 2.31 bits per heavy atom. The summed E-state index contributed by atoms with van der Waals surface area (Å²) >= 11 is 5.49. The summed E-state index contributed by atoms with van der Waals surface area (Å²) in [6.45, 7) is -0.0261. The van der Waals surface area contributed by atoms with Crippen molar-refractivity contribution in [2.75, 3.05) is 12.4 Å². The van der Waals surface area contributed by atoms with Crippen molar-refractivity contribution >= 4 is 23.3 Å². The van der Waals surface area contributed by atoms with Crippen molar-refractivity contribution < 1.29 is 18.4 Å². The Morgan fingerprint density at radius 2 is 1.88 bits per heavy atom. The van der Waals surface area contributed by atoms with Crippen LogP contribution in [0.15, 0.2) is 0 Å². The second-order valence-electron chi connectivity index (χ2n) is 4.06. The highest BCUT2D eigenvalue weighted by molar-refractivity contribution is 6.28. The lowest BCUT2D eigenvalue weighted by atomic mass is 9.82. The van der Waals surface area contributed by atoms with Crippen molar-refractivity contribution in [3.8, 4) is 0 Å². The van der Waals surface area contributed by atoms with Gasteiger partial charge in [0.05, 0.1) is 5.88 Å². The molecular weight excluding hydrogens is 240 g/mol. The maximum absolute atomic E-state index is 12.0. The predicted molar refractivity (Wildman–Crippen MR) is 55.6 cm³/mol. The van der Waals surface area contributed by atoms with Crippen molar-refractivity contribution in [1.82, 2.24) is 5.32 Å². The molecule has 92 valence electrons. The van der Waals surface area contributed by atoms with E-state index in [0.29, 0.717) is 12.8 Å². The van der Waals surface area contributed by atoms with Crippen LogP contribution in [-0.2, 0) is 9.59 Å². The first-order valence-corrected chi connectivity index (χ1v) is 5.70. The normalized spacial score (nSPS) is 18.8. The molecule has 0 aliphatic heterocycles. The van der Waals surface area contributed by atoms with E-state index in [0.717, 1.165) is 12.8 Å². The molecule has 0 bridgehead atoms. The van der Waals surface area contributed by atoms with Crippen LogP contribution in [-0.4, -0.2) is 30.5 Å². The molecule has 0 aromatic rings. The molecule has 1 aliphatic carbocycles. The molecule has 6 heteroatoms. The number of rotatable bonds is 5. The number of halogens is 3. The lowest BCUT2D eigenvalue weighted by Gasteiger charge is -2.26. The summed E-state index contributed by atoms with van der Waals surface area (Å²) in [6, 6.07) is 0. The number of hydrogen-bond donors (Lipinski definition) is 1. The molecular formula is C10H14ClF2NO2. The van der Waals surface area contributed by atoms with E-state index >= 15 is 0 Å². The lowest BCUT2D eigenvalue weighted by Crippen LogP contribution is -2.43. The van der Waals surface area contributed by atoms with Gasteiger partial charge in [-0.1, -0.05) is 12.8 Å². The summed E-state index contributed by atoms with van der Waals surface area (Å²) < 4.78 is 24.0. The molecule has 0 saturated heterocycles. The molecule has 0 aromatic carbocycles. The van der Waals surface area contributed by atoms with Crippen LogP contribution in [0.5, 0.6) is 0 Å². The highest BCUT2D eigenvalue weighted by atomic mass is 35.5. The molecule has 1 N–H and O–H groups in total. The summed E-state index contributed by atoms with van der Waals surface area (Å²) in [5, 5.41) is 2.11. The zero-order valence-corrected chi connectivity index (χ0v) is 9.53. The Labute approximate surface area is 97.5 Å². The Hall–Kier alpha value is -0.710. The van der Waals surface area contributed by atoms with Crippen molar-refractivity contribution in [3.05, 3.63) is 0 Å². The summed E-state index contributed by atoms with van der Waals surface area (Å²) in [6.07, 6.45) is -0.0747. The number of Topliss-reactive ketones (excluding diaryl/α,β-unsaturated/α-hetero) is 1. The molecule has 16 heavy (non-hydrogen) atoms. The first-order valence-electron chi connectivity index (χ1n) is 5.17. The monoisotopic (exact) mass is 253 g/mol. The van der Waals surface area contributed by atoms with Crippen LogP contribution < -0.4 is 5.32 Å².